The molecule has 6 nitrogen and oxygen atoms in total. The number of imidazole rings is 1. The largest absolute Gasteiger partial charge is 0.493 e. The van der Waals surface area contributed by atoms with Crippen molar-refractivity contribution in [1.82, 2.24) is 14.0 Å². The lowest BCUT2D eigenvalue weighted by molar-refractivity contribution is -0.137. The number of aromatic nitrogens is 2. The van der Waals surface area contributed by atoms with Crippen LogP contribution in [0.15, 0.2) is 29.1 Å². The van der Waals surface area contributed by atoms with Crippen LogP contribution >= 0.6 is 0 Å². The summed E-state index contributed by atoms with van der Waals surface area (Å²) in [4.78, 5) is 16.5. The molecule has 4 rings (SSSR count). The summed E-state index contributed by atoms with van der Waals surface area (Å²) in [6, 6.07) is 5.46. The fraction of sp³-hybridized carbons (Fsp3) is 0.550. The first-order valence-electron chi connectivity index (χ1n) is 10.0. The molecule has 0 saturated carbocycles. The van der Waals surface area contributed by atoms with E-state index in [0.717, 1.165) is 50.7 Å². The Balaban J connectivity index is 1.29. The number of anilines is 1. The van der Waals surface area contributed by atoms with Gasteiger partial charge in [0.1, 0.15) is 0 Å². The van der Waals surface area contributed by atoms with Gasteiger partial charge in [-0.25, -0.2) is 4.79 Å². The minimum absolute atomic E-state index is 0.0989. The van der Waals surface area contributed by atoms with Gasteiger partial charge in [-0.15, -0.1) is 0 Å². The molecule has 1 saturated heterocycles. The van der Waals surface area contributed by atoms with Crippen molar-refractivity contribution in [3.63, 3.8) is 0 Å². The Morgan fingerprint density at radius 2 is 1.79 bits per heavy atom. The molecule has 0 atom stereocenters. The number of halogens is 3. The first-order valence-corrected chi connectivity index (χ1v) is 10.0. The molecule has 1 aromatic heterocycles. The van der Waals surface area contributed by atoms with Crippen LogP contribution in [0.25, 0.3) is 0 Å². The highest BCUT2D eigenvalue weighted by molar-refractivity contribution is 5.49. The second-order valence-corrected chi connectivity index (χ2v) is 7.69. The molecule has 0 radical (unpaired) electrons. The maximum Gasteiger partial charge on any atom is 0.416 e. The third-order valence-electron chi connectivity index (χ3n) is 5.86. The maximum absolute atomic E-state index is 12.9. The molecule has 0 spiro atoms. The van der Waals surface area contributed by atoms with Gasteiger partial charge >= 0.3 is 11.9 Å². The smallest absolute Gasteiger partial charge is 0.416 e. The summed E-state index contributed by atoms with van der Waals surface area (Å²) in [6.07, 6.45) is -1.96. The van der Waals surface area contributed by atoms with Gasteiger partial charge in [-0.3, -0.25) is 14.0 Å². The highest BCUT2D eigenvalue weighted by Gasteiger charge is 2.31. The third-order valence-corrected chi connectivity index (χ3v) is 5.86. The van der Waals surface area contributed by atoms with Crippen LogP contribution in [0.3, 0.4) is 0 Å². The van der Waals surface area contributed by atoms with E-state index in [1.165, 1.54) is 16.7 Å². The summed E-state index contributed by atoms with van der Waals surface area (Å²) < 4.78 is 41.9. The minimum Gasteiger partial charge on any atom is -0.493 e. The average molecular weight is 410 g/mol. The van der Waals surface area contributed by atoms with Crippen molar-refractivity contribution in [2.24, 2.45) is 0 Å². The standard InChI is InChI=1S/C20H25F3N4O2/c21-20(22,23)15-4-1-5-16(14-15)25-12-10-24(11-13-25)7-3-9-27-18(28)17-6-2-8-26(17)19(27)29/h1,4-5,14,28H,2-3,6-13H2. The molecule has 1 aromatic carbocycles. The predicted molar refractivity (Wildman–Crippen MR) is 103 cm³/mol. The molecule has 2 aromatic rings. The number of hydrogen-bond acceptors (Lipinski definition) is 4. The van der Waals surface area contributed by atoms with E-state index < -0.39 is 11.7 Å². The second kappa shape index (κ2) is 7.78. The zero-order valence-corrected chi connectivity index (χ0v) is 16.2. The summed E-state index contributed by atoms with van der Waals surface area (Å²) in [5, 5.41) is 10.2. The van der Waals surface area contributed by atoms with E-state index >= 15 is 0 Å². The van der Waals surface area contributed by atoms with E-state index in [1.54, 1.807) is 10.6 Å². The molecule has 1 N–H and O–H groups in total. The van der Waals surface area contributed by atoms with E-state index in [2.05, 4.69) is 4.90 Å². The van der Waals surface area contributed by atoms with Crippen LogP contribution in [-0.4, -0.2) is 51.9 Å². The minimum atomic E-state index is -4.33. The Kier molecular flexibility index (Phi) is 5.33. The zero-order valence-electron chi connectivity index (χ0n) is 16.2. The van der Waals surface area contributed by atoms with E-state index in [-0.39, 0.29) is 11.6 Å². The molecule has 2 aliphatic heterocycles. The van der Waals surface area contributed by atoms with Crippen molar-refractivity contribution in [2.45, 2.75) is 38.5 Å². The van der Waals surface area contributed by atoms with Gasteiger partial charge in [0, 0.05) is 45.0 Å². The van der Waals surface area contributed by atoms with Gasteiger partial charge in [0.05, 0.1) is 11.3 Å². The molecule has 0 aliphatic carbocycles. The normalized spacial score (nSPS) is 17.7. The number of aromatic hydroxyl groups is 1. The first-order chi connectivity index (χ1) is 13.8. The van der Waals surface area contributed by atoms with Gasteiger partial charge < -0.3 is 10.0 Å². The van der Waals surface area contributed by atoms with Crippen molar-refractivity contribution in [2.75, 3.05) is 37.6 Å². The quantitative estimate of drug-likeness (QED) is 0.823. The lowest BCUT2D eigenvalue weighted by Gasteiger charge is -2.36. The summed E-state index contributed by atoms with van der Waals surface area (Å²) in [6.45, 7) is 4.75. The Morgan fingerprint density at radius 3 is 2.48 bits per heavy atom. The monoisotopic (exact) mass is 410 g/mol. The number of hydrogen-bond donors (Lipinski definition) is 1. The highest BCUT2D eigenvalue weighted by atomic mass is 19.4. The molecule has 0 amide bonds. The number of alkyl halides is 3. The SMILES string of the molecule is O=c1n(CCCN2CCN(c3cccc(C(F)(F)F)c3)CC2)c(O)c2n1CCC2. The zero-order chi connectivity index (χ0) is 20.6. The van der Waals surface area contributed by atoms with Crippen LogP contribution < -0.4 is 10.6 Å². The van der Waals surface area contributed by atoms with Gasteiger partial charge in [-0.2, -0.15) is 13.2 Å². The van der Waals surface area contributed by atoms with E-state index in [4.69, 9.17) is 0 Å². The molecular formula is C20H25F3N4O2. The van der Waals surface area contributed by atoms with Gasteiger partial charge in [-0.05, 0) is 44.0 Å². The molecular weight excluding hydrogens is 385 g/mol. The second-order valence-electron chi connectivity index (χ2n) is 7.69. The number of benzene rings is 1. The Morgan fingerprint density at radius 1 is 1.03 bits per heavy atom. The van der Waals surface area contributed by atoms with Crippen LogP contribution in [0.4, 0.5) is 18.9 Å². The highest BCUT2D eigenvalue weighted by Crippen LogP contribution is 2.32. The van der Waals surface area contributed by atoms with Gasteiger partial charge in [0.2, 0.25) is 5.88 Å². The summed E-state index contributed by atoms with van der Waals surface area (Å²) in [5.41, 5.74) is 0.579. The molecule has 3 heterocycles. The fourth-order valence-electron chi connectivity index (χ4n) is 4.27. The first kappa shape index (κ1) is 19.9. The molecule has 1 fully saturated rings. The van der Waals surface area contributed by atoms with Crippen molar-refractivity contribution >= 4 is 5.69 Å². The topological polar surface area (TPSA) is 53.6 Å². The summed E-state index contributed by atoms with van der Waals surface area (Å²) in [5.74, 6) is 0.0989. The molecule has 2 aliphatic rings. The van der Waals surface area contributed by atoms with Crippen molar-refractivity contribution in [3.05, 3.63) is 46.0 Å². The van der Waals surface area contributed by atoms with Crippen molar-refractivity contribution in [3.8, 4) is 5.88 Å². The Bertz CT molecular complexity index is 927. The Labute approximate surface area is 166 Å². The molecule has 0 unspecified atom stereocenters. The summed E-state index contributed by atoms with van der Waals surface area (Å²) >= 11 is 0. The maximum atomic E-state index is 12.9. The average Bonchev–Trinajstić information content (AvgIpc) is 3.27. The predicted octanol–water partition coefficient (Wildman–Crippen LogP) is 2.53. The van der Waals surface area contributed by atoms with Crippen LogP contribution in [0.5, 0.6) is 5.88 Å². The summed E-state index contributed by atoms with van der Waals surface area (Å²) in [7, 11) is 0. The van der Waals surface area contributed by atoms with Gasteiger partial charge in [0.15, 0.2) is 0 Å². The van der Waals surface area contributed by atoms with Crippen LogP contribution in [0.1, 0.15) is 24.1 Å². The van der Waals surface area contributed by atoms with E-state index in [9.17, 15) is 23.1 Å². The number of rotatable bonds is 5. The fourth-order valence-corrected chi connectivity index (χ4v) is 4.27. The Hall–Kier alpha value is -2.42. The van der Waals surface area contributed by atoms with E-state index in [1.807, 2.05) is 4.90 Å². The lowest BCUT2D eigenvalue weighted by atomic mass is 10.1. The molecule has 29 heavy (non-hydrogen) atoms. The van der Waals surface area contributed by atoms with Crippen LogP contribution in [0.2, 0.25) is 0 Å². The lowest BCUT2D eigenvalue weighted by Crippen LogP contribution is -2.46. The number of nitrogens with zero attached hydrogens (tertiary/aromatic N) is 4. The van der Waals surface area contributed by atoms with E-state index in [0.29, 0.717) is 31.9 Å². The van der Waals surface area contributed by atoms with Crippen LogP contribution in [-0.2, 0) is 25.7 Å². The molecule has 0 bridgehead atoms. The van der Waals surface area contributed by atoms with Crippen molar-refractivity contribution in [1.29, 1.82) is 0 Å². The van der Waals surface area contributed by atoms with Gasteiger partial charge in [-0.1, -0.05) is 6.07 Å². The van der Waals surface area contributed by atoms with Crippen molar-refractivity contribution < 1.29 is 18.3 Å². The third kappa shape index (κ3) is 4.01. The molecule has 158 valence electrons. The number of fused-ring (bicyclic) bond motifs is 1. The molecule has 9 heteroatoms. The van der Waals surface area contributed by atoms with Crippen LogP contribution in [0, 0.1) is 0 Å². The number of piperazine rings is 1. The van der Waals surface area contributed by atoms with Gasteiger partial charge in [0.25, 0.3) is 0 Å².